The van der Waals surface area contributed by atoms with E-state index >= 15 is 0 Å². The minimum atomic E-state index is -1.20. The van der Waals surface area contributed by atoms with Crippen molar-refractivity contribution in [2.75, 3.05) is 4.90 Å². The Morgan fingerprint density at radius 2 is 1.07 bits per heavy atom. The highest BCUT2D eigenvalue weighted by molar-refractivity contribution is 6.06. The van der Waals surface area contributed by atoms with Gasteiger partial charge in [0.15, 0.2) is 5.75 Å². The van der Waals surface area contributed by atoms with Crippen LogP contribution in [0.4, 0.5) is 17.1 Å². The number of anilines is 3. The van der Waals surface area contributed by atoms with Gasteiger partial charge in [-0.1, -0.05) is 137 Å². The van der Waals surface area contributed by atoms with Crippen LogP contribution in [0.1, 0.15) is 71.6 Å². The molecule has 0 saturated heterocycles. The Bertz CT molecular complexity index is 2650. The van der Waals surface area contributed by atoms with E-state index in [9.17, 15) is 15.0 Å². The van der Waals surface area contributed by atoms with E-state index in [4.69, 9.17) is 0 Å². The molecule has 0 spiro atoms. The topological polar surface area (TPSA) is 73.7 Å². The van der Waals surface area contributed by atoms with Gasteiger partial charge < -0.3 is 15.1 Å². The molecule has 0 bridgehead atoms. The number of benzene rings is 6. The first-order chi connectivity index (χ1) is 26.5. The van der Waals surface area contributed by atoms with Crippen molar-refractivity contribution in [3.8, 4) is 28.0 Å². The SMILES string of the molecule is CC1(C)c2ccccc2-c2ccc(N(c3ccc(/C=C/C=C/c4nc5ccccc5c(C(=O)O)c4O)cc3)c3ccc4c(c3)C(C)(C)c3ccccc3-4)cc21. The molecule has 6 aromatic carbocycles. The second-order valence-corrected chi connectivity index (χ2v) is 15.5. The Morgan fingerprint density at radius 3 is 1.65 bits per heavy atom. The summed E-state index contributed by atoms with van der Waals surface area (Å²) in [6.45, 7) is 9.27. The van der Waals surface area contributed by atoms with Gasteiger partial charge in [0, 0.05) is 33.3 Å². The number of aromatic hydroxyl groups is 1. The largest absolute Gasteiger partial charge is 0.505 e. The second kappa shape index (κ2) is 12.7. The van der Waals surface area contributed by atoms with E-state index in [-0.39, 0.29) is 27.8 Å². The number of carboxylic acid groups (broad SMARTS) is 1. The van der Waals surface area contributed by atoms with Crippen molar-refractivity contribution in [2.24, 2.45) is 0 Å². The minimum absolute atomic E-state index is 0.133. The molecule has 0 aliphatic heterocycles. The molecule has 9 rings (SSSR count). The monoisotopic (exact) mass is 716 g/mol. The zero-order valence-corrected chi connectivity index (χ0v) is 31.2. The molecule has 1 aromatic heterocycles. The van der Waals surface area contributed by atoms with Crippen LogP contribution in [0.3, 0.4) is 0 Å². The van der Waals surface area contributed by atoms with Crippen LogP contribution < -0.4 is 4.90 Å². The Labute approximate surface area is 321 Å². The smallest absolute Gasteiger partial charge is 0.340 e. The molecule has 5 nitrogen and oxygen atoms in total. The predicted molar refractivity (Wildman–Crippen MR) is 225 cm³/mol. The number of aromatic nitrogens is 1. The van der Waals surface area contributed by atoms with Crippen LogP contribution in [0.2, 0.25) is 0 Å². The number of carbonyl (C=O) groups is 1. The molecule has 2 aliphatic carbocycles. The fourth-order valence-corrected chi connectivity index (χ4v) is 8.71. The number of fused-ring (bicyclic) bond motifs is 7. The Balaban J connectivity index is 1.08. The first-order valence-electron chi connectivity index (χ1n) is 18.6. The van der Waals surface area contributed by atoms with Crippen LogP contribution in [0.25, 0.3) is 45.3 Å². The van der Waals surface area contributed by atoms with Crippen molar-refractivity contribution in [1.29, 1.82) is 0 Å². The number of aromatic carboxylic acids is 1. The maximum Gasteiger partial charge on any atom is 0.340 e. The number of pyridine rings is 1. The van der Waals surface area contributed by atoms with Crippen LogP contribution in [0.15, 0.2) is 146 Å². The quantitative estimate of drug-likeness (QED) is 0.161. The first-order valence-corrected chi connectivity index (χ1v) is 18.6. The van der Waals surface area contributed by atoms with Gasteiger partial charge in [-0.25, -0.2) is 9.78 Å². The maximum absolute atomic E-state index is 12.0. The third-order valence-corrected chi connectivity index (χ3v) is 11.6. The molecule has 0 unspecified atom stereocenters. The molecule has 7 aromatic rings. The van der Waals surface area contributed by atoms with Gasteiger partial charge in [-0.3, -0.25) is 0 Å². The highest BCUT2D eigenvalue weighted by Gasteiger charge is 2.37. The van der Waals surface area contributed by atoms with Gasteiger partial charge in [0.05, 0.1) is 5.52 Å². The fourth-order valence-electron chi connectivity index (χ4n) is 8.71. The van der Waals surface area contributed by atoms with E-state index in [1.165, 1.54) is 44.5 Å². The number of hydrogen-bond donors (Lipinski definition) is 2. The summed E-state index contributed by atoms with van der Waals surface area (Å²) in [7, 11) is 0. The Kier molecular flexibility index (Phi) is 7.87. The number of nitrogens with zero attached hydrogens (tertiary/aromatic N) is 2. The molecule has 55 heavy (non-hydrogen) atoms. The van der Waals surface area contributed by atoms with Gasteiger partial charge in [-0.2, -0.15) is 0 Å². The average molecular weight is 717 g/mol. The predicted octanol–water partition coefficient (Wildman–Crippen LogP) is 12.4. The summed E-state index contributed by atoms with van der Waals surface area (Å²) in [6.07, 6.45) is 7.23. The van der Waals surface area contributed by atoms with Crippen LogP contribution >= 0.6 is 0 Å². The van der Waals surface area contributed by atoms with Crippen molar-refractivity contribution < 1.29 is 15.0 Å². The molecule has 2 aliphatic rings. The number of hydrogen-bond acceptors (Lipinski definition) is 4. The van der Waals surface area contributed by atoms with Crippen molar-refractivity contribution in [3.05, 3.63) is 185 Å². The standard InChI is InChI=1S/C50H40N2O3/c1-49(2)40-17-9-6-14-35(40)37-27-25-33(29-42(37)49)52(34-26-28-38-36-15-7-10-18-41(36)50(3,4)43(38)30-34)32-23-21-31(22-24-32)13-5-11-20-45-47(53)46(48(54)55)39-16-8-12-19-44(39)51-45/h5-30,53H,1-4H3,(H,54,55)/b13-5+,20-11+. The molecule has 2 N–H and O–H groups in total. The molecule has 0 radical (unpaired) electrons. The lowest BCUT2D eigenvalue weighted by Gasteiger charge is -2.29. The summed E-state index contributed by atoms with van der Waals surface area (Å²) >= 11 is 0. The highest BCUT2D eigenvalue weighted by Crippen LogP contribution is 2.53. The van der Waals surface area contributed by atoms with Crippen molar-refractivity contribution >= 4 is 46.1 Å². The Morgan fingerprint density at radius 1 is 0.582 bits per heavy atom. The van der Waals surface area contributed by atoms with E-state index in [0.29, 0.717) is 10.9 Å². The normalized spacial score (nSPS) is 14.5. The molecule has 1 heterocycles. The highest BCUT2D eigenvalue weighted by atomic mass is 16.4. The van der Waals surface area contributed by atoms with Gasteiger partial charge in [0.2, 0.25) is 0 Å². The van der Waals surface area contributed by atoms with Crippen molar-refractivity contribution in [2.45, 2.75) is 38.5 Å². The van der Waals surface area contributed by atoms with E-state index in [2.05, 4.69) is 147 Å². The number of rotatable bonds is 7. The summed E-state index contributed by atoms with van der Waals surface area (Å²) in [6, 6.07) is 46.7. The van der Waals surface area contributed by atoms with Gasteiger partial charge in [0.1, 0.15) is 11.3 Å². The zero-order chi connectivity index (χ0) is 38.1. The maximum atomic E-state index is 12.0. The number of allylic oxidation sites excluding steroid dienone is 2. The lowest BCUT2D eigenvalue weighted by atomic mass is 9.82. The van der Waals surface area contributed by atoms with E-state index in [1.807, 2.05) is 12.2 Å². The molecule has 5 heteroatoms. The lowest BCUT2D eigenvalue weighted by molar-refractivity contribution is 0.0695. The molecular weight excluding hydrogens is 677 g/mol. The minimum Gasteiger partial charge on any atom is -0.505 e. The summed E-state index contributed by atoms with van der Waals surface area (Å²) < 4.78 is 0. The molecule has 268 valence electrons. The molecule has 0 fully saturated rings. The molecule has 0 saturated carbocycles. The first kappa shape index (κ1) is 34.1. The van der Waals surface area contributed by atoms with Crippen LogP contribution in [-0.2, 0) is 10.8 Å². The Hall–Kier alpha value is -6.72. The molecular formula is C50H40N2O3. The van der Waals surface area contributed by atoms with E-state index in [1.54, 1.807) is 36.4 Å². The van der Waals surface area contributed by atoms with Gasteiger partial charge in [-0.05, 0) is 98.6 Å². The van der Waals surface area contributed by atoms with Gasteiger partial charge >= 0.3 is 5.97 Å². The molecule has 0 amide bonds. The fraction of sp³-hybridized carbons (Fsp3) is 0.120. The average Bonchev–Trinajstić information content (AvgIpc) is 3.56. The third kappa shape index (κ3) is 5.46. The van der Waals surface area contributed by atoms with Gasteiger partial charge in [0.25, 0.3) is 0 Å². The van der Waals surface area contributed by atoms with Crippen molar-refractivity contribution in [3.63, 3.8) is 0 Å². The third-order valence-electron chi connectivity index (χ3n) is 11.6. The number of carboxylic acids is 1. The van der Waals surface area contributed by atoms with E-state index in [0.717, 1.165) is 22.6 Å². The van der Waals surface area contributed by atoms with Crippen LogP contribution in [-0.4, -0.2) is 21.2 Å². The van der Waals surface area contributed by atoms with E-state index < -0.39 is 5.97 Å². The second-order valence-electron chi connectivity index (χ2n) is 15.5. The lowest BCUT2D eigenvalue weighted by Crippen LogP contribution is -2.18. The zero-order valence-electron chi connectivity index (χ0n) is 31.2. The van der Waals surface area contributed by atoms with Crippen molar-refractivity contribution in [1.82, 2.24) is 4.98 Å². The summed E-state index contributed by atoms with van der Waals surface area (Å²) in [5.74, 6) is -1.55. The summed E-state index contributed by atoms with van der Waals surface area (Å²) in [5.41, 5.74) is 15.0. The van der Waals surface area contributed by atoms with Crippen LogP contribution in [0, 0.1) is 0 Å². The molecule has 0 atom stereocenters. The van der Waals surface area contributed by atoms with Crippen LogP contribution in [0.5, 0.6) is 5.75 Å². The summed E-state index contributed by atoms with van der Waals surface area (Å²) in [4.78, 5) is 18.8. The summed E-state index contributed by atoms with van der Waals surface area (Å²) in [5, 5.41) is 21.0. The van der Waals surface area contributed by atoms with Gasteiger partial charge in [-0.15, -0.1) is 0 Å². The number of para-hydroxylation sites is 1.